The molecule has 2 N–H and O–H groups in total. The van der Waals surface area contributed by atoms with Gasteiger partial charge in [0.15, 0.2) is 0 Å². The van der Waals surface area contributed by atoms with Crippen LogP contribution in [0.2, 0.25) is 0 Å². The van der Waals surface area contributed by atoms with E-state index in [1.54, 1.807) is 47.8 Å². The van der Waals surface area contributed by atoms with E-state index < -0.39 is 22.2 Å². The van der Waals surface area contributed by atoms with Crippen molar-refractivity contribution in [1.29, 1.82) is 0 Å². The molecule has 1 aliphatic heterocycles. The van der Waals surface area contributed by atoms with Crippen molar-refractivity contribution in [2.24, 2.45) is 0 Å². The zero-order chi connectivity index (χ0) is 29.5. The average molecular weight is 626 g/mol. The number of thiophene rings is 2. The van der Waals surface area contributed by atoms with Crippen LogP contribution >= 0.6 is 22.7 Å². The highest BCUT2D eigenvalue weighted by atomic mass is 32.2. The lowest BCUT2D eigenvalue weighted by molar-refractivity contribution is -0.127. The highest BCUT2D eigenvalue weighted by Gasteiger charge is 2.34. The molecule has 220 valence electrons. The maximum Gasteiger partial charge on any atom is 0.310 e. The molecular weight excluding hydrogens is 595 g/mol. The molecule has 0 aliphatic carbocycles. The molecule has 1 unspecified atom stereocenters. The minimum atomic E-state index is -3.73. The molecule has 3 aromatic carbocycles. The van der Waals surface area contributed by atoms with Crippen LogP contribution in [0.25, 0.3) is 20.2 Å². The van der Waals surface area contributed by atoms with Crippen molar-refractivity contribution in [3.05, 3.63) is 83.1 Å². The predicted octanol–water partition coefficient (Wildman–Crippen LogP) is 5.58. The van der Waals surface area contributed by atoms with Crippen molar-refractivity contribution in [3.8, 4) is 17.2 Å². The quantitative estimate of drug-likeness (QED) is 0.196. The van der Waals surface area contributed by atoms with E-state index in [0.717, 1.165) is 24.5 Å². The van der Waals surface area contributed by atoms with Crippen molar-refractivity contribution in [3.63, 3.8) is 0 Å². The van der Waals surface area contributed by atoms with Gasteiger partial charge in [0.1, 0.15) is 23.9 Å². The van der Waals surface area contributed by atoms with E-state index in [1.165, 1.54) is 18.4 Å². The first kappa shape index (κ1) is 28.7. The van der Waals surface area contributed by atoms with E-state index in [4.69, 9.17) is 14.2 Å². The molecule has 1 aliphatic rings. The van der Waals surface area contributed by atoms with Crippen LogP contribution in [0, 0.1) is 0 Å². The molecule has 2 aromatic heterocycles. The van der Waals surface area contributed by atoms with E-state index in [2.05, 4.69) is 5.32 Å². The van der Waals surface area contributed by atoms with Gasteiger partial charge in [0.25, 0.3) is 0 Å². The van der Waals surface area contributed by atoms with Gasteiger partial charge < -0.3 is 19.3 Å². The number of nitrogens with zero attached hydrogens (tertiary/aromatic N) is 2. The maximum atomic E-state index is 13.0. The summed E-state index contributed by atoms with van der Waals surface area (Å²) in [5.41, 5.74) is 0.909. The zero-order valence-corrected chi connectivity index (χ0v) is 25.8. The van der Waals surface area contributed by atoms with Crippen molar-refractivity contribution >= 4 is 58.7 Å². The highest BCUT2D eigenvalue weighted by Crippen LogP contribution is 2.39. The number of fused-ring (bicyclic) bond motifs is 3. The molecule has 0 saturated heterocycles. The molecule has 42 heavy (non-hydrogen) atoms. The summed E-state index contributed by atoms with van der Waals surface area (Å²) in [5, 5.41) is 20.4. The van der Waals surface area contributed by atoms with Gasteiger partial charge in [-0.25, -0.2) is 5.32 Å². The largest absolute Gasteiger partial charge is 0.489 e. The SMILES string of the molecule is CN(C)S(=O)(=O)N1CCOc2ccc(C(O)CNC(C)(Oc3csc4ccccc34)Oc3csc4ccccc34)cc21. The molecule has 12 heteroatoms. The Morgan fingerprint density at radius 3 is 2.19 bits per heavy atom. The number of hydrogen-bond acceptors (Lipinski definition) is 9. The van der Waals surface area contributed by atoms with Gasteiger partial charge in [-0.15, -0.1) is 22.7 Å². The van der Waals surface area contributed by atoms with Crippen molar-refractivity contribution in [2.45, 2.75) is 18.9 Å². The third-order valence-corrected chi connectivity index (χ3v) is 10.8. The zero-order valence-electron chi connectivity index (χ0n) is 23.3. The van der Waals surface area contributed by atoms with E-state index in [9.17, 15) is 13.5 Å². The minimum absolute atomic E-state index is 0.0563. The number of anilines is 1. The Morgan fingerprint density at radius 2 is 1.60 bits per heavy atom. The maximum absolute atomic E-state index is 13.0. The number of benzene rings is 3. The summed E-state index contributed by atoms with van der Waals surface area (Å²) in [6, 6.07) is 21.0. The van der Waals surface area contributed by atoms with Gasteiger partial charge >= 0.3 is 16.1 Å². The Balaban J connectivity index is 1.28. The second-order valence-corrected chi connectivity index (χ2v) is 14.1. The van der Waals surface area contributed by atoms with Crippen LogP contribution in [-0.2, 0) is 10.2 Å². The predicted molar refractivity (Wildman–Crippen MR) is 168 cm³/mol. The first-order valence-corrected chi connectivity index (χ1v) is 16.5. The smallest absolute Gasteiger partial charge is 0.310 e. The normalized spacial score (nSPS) is 14.6. The Kier molecular flexibility index (Phi) is 7.77. The second-order valence-electron chi connectivity index (χ2n) is 10.2. The second kappa shape index (κ2) is 11.4. The van der Waals surface area contributed by atoms with Crippen LogP contribution in [0.15, 0.2) is 77.5 Å². The van der Waals surface area contributed by atoms with Gasteiger partial charge in [-0.1, -0.05) is 30.3 Å². The van der Waals surface area contributed by atoms with Crippen LogP contribution in [0.3, 0.4) is 0 Å². The fourth-order valence-electron chi connectivity index (χ4n) is 4.83. The van der Waals surface area contributed by atoms with E-state index >= 15 is 0 Å². The lowest BCUT2D eigenvalue weighted by atomic mass is 10.1. The molecule has 0 radical (unpaired) electrons. The molecule has 5 aromatic rings. The molecule has 3 heterocycles. The summed E-state index contributed by atoms with van der Waals surface area (Å²) in [4.78, 5) is 0. The number of aliphatic hydroxyl groups is 1. The Hall–Kier alpha value is -3.39. The molecule has 9 nitrogen and oxygen atoms in total. The number of rotatable bonds is 10. The first-order valence-electron chi connectivity index (χ1n) is 13.4. The van der Waals surface area contributed by atoms with Crippen LogP contribution in [-0.4, -0.2) is 57.5 Å². The Labute approximate surface area is 252 Å². The summed E-state index contributed by atoms with van der Waals surface area (Å²) in [6.45, 7) is 2.25. The van der Waals surface area contributed by atoms with Crippen molar-refractivity contribution in [1.82, 2.24) is 9.62 Å². The van der Waals surface area contributed by atoms with Gasteiger partial charge in [-0.2, -0.15) is 12.7 Å². The van der Waals surface area contributed by atoms with Gasteiger partial charge in [0.05, 0.1) is 18.3 Å². The van der Waals surface area contributed by atoms with Crippen LogP contribution < -0.4 is 23.8 Å². The number of hydrogen-bond donors (Lipinski definition) is 2. The molecule has 6 rings (SSSR count). The third kappa shape index (κ3) is 5.53. The average Bonchev–Trinajstić information content (AvgIpc) is 3.59. The standard InChI is InChI=1S/C30H31N3O6S3/c1-30(38-26-18-40-28-10-6-4-8-21(26)28,39-27-19-41-29-11-7-5-9-22(27)29)31-17-24(34)20-12-13-25-23(16-20)33(14-15-37-25)42(35,36)32(2)3/h4-13,16,18-19,24,31,34H,14-15,17H2,1-3H3. The molecule has 0 spiro atoms. The summed E-state index contributed by atoms with van der Waals surface area (Å²) in [7, 11) is -0.759. The highest BCUT2D eigenvalue weighted by molar-refractivity contribution is 7.90. The molecule has 0 saturated carbocycles. The minimum Gasteiger partial charge on any atom is -0.489 e. The summed E-state index contributed by atoms with van der Waals surface area (Å²) in [5.74, 6) is 0.415. The first-order chi connectivity index (χ1) is 20.1. The van der Waals surface area contributed by atoms with Crippen molar-refractivity contribution < 1.29 is 27.7 Å². The fraction of sp³-hybridized carbons (Fsp3) is 0.267. The molecule has 1 atom stereocenters. The lowest BCUT2D eigenvalue weighted by Crippen LogP contribution is -2.53. The van der Waals surface area contributed by atoms with E-state index in [-0.39, 0.29) is 19.7 Å². The summed E-state index contributed by atoms with van der Waals surface area (Å²) >= 11 is 3.16. The van der Waals surface area contributed by atoms with Gasteiger partial charge in [0, 0.05) is 58.5 Å². The fourth-order valence-corrected chi connectivity index (χ4v) is 7.65. The molecular formula is C30H31N3O6S3. The summed E-state index contributed by atoms with van der Waals surface area (Å²) in [6.07, 6.45) is -1.01. The lowest BCUT2D eigenvalue weighted by Gasteiger charge is -2.34. The van der Waals surface area contributed by atoms with Crippen LogP contribution in [0.1, 0.15) is 18.6 Å². The molecule has 0 fully saturated rings. The number of ether oxygens (including phenoxy) is 3. The summed E-state index contributed by atoms with van der Waals surface area (Å²) < 4.78 is 49.3. The Bertz CT molecular complexity index is 1760. The number of aliphatic hydroxyl groups excluding tert-OH is 1. The topological polar surface area (TPSA) is 101 Å². The van der Waals surface area contributed by atoms with Crippen molar-refractivity contribution in [2.75, 3.05) is 38.1 Å². The van der Waals surface area contributed by atoms with Gasteiger partial charge in [0.2, 0.25) is 0 Å². The molecule has 0 amide bonds. The van der Waals surface area contributed by atoms with Crippen LogP contribution in [0.4, 0.5) is 5.69 Å². The van der Waals surface area contributed by atoms with Gasteiger partial charge in [-0.05, 0) is 42.0 Å². The van der Waals surface area contributed by atoms with E-state index in [0.29, 0.717) is 28.5 Å². The number of nitrogens with one attached hydrogen (secondary N) is 1. The third-order valence-electron chi connectivity index (χ3n) is 7.05. The molecule has 0 bridgehead atoms. The van der Waals surface area contributed by atoms with Crippen LogP contribution in [0.5, 0.6) is 17.2 Å². The van der Waals surface area contributed by atoms with Gasteiger partial charge in [-0.3, -0.25) is 4.31 Å². The monoisotopic (exact) mass is 625 g/mol. The van der Waals surface area contributed by atoms with E-state index in [1.807, 2.05) is 59.3 Å². The Morgan fingerprint density at radius 1 is 1.00 bits per heavy atom.